The number of hydrogen-bond donors (Lipinski definition) is 1. The lowest BCUT2D eigenvalue weighted by Gasteiger charge is -2.42. The molecule has 1 aliphatic heterocycles. The summed E-state index contributed by atoms with van der Waals surface area (Å²) in [6, 6.07) is 8.44. The first-order chi connectivity index (χ1) is 12.0. The first-order valence-corrected chi connectivity index (χ1v) is 9.07. The fourth-order valence-corrected chi connectivity index (χ4v) is 3.56. The summed E-state index contributed by atoms with van der Waals surface area (Å²) in [4.78, 5) is 20.6. The van der Waals surface area contributed by atoms with Crippen molar-refractivity contribution in [1.29, 1.82) is 0 Å². The van der Waals surface area contributed by atoms with Crippen molar-refractivity contribution in [3.63, 3.8) is 0 Å². The molecule has 5 nitrogen and oxygen atoms in total. The van der Waals surface area contributed by atoms with Crippen molar-refractivity contribution in [2.24, 2.45) is 5.73 Å². The molecule has 1 aromatic carbocycles. The molecule has 3 rings (SSSR count). The van der Waals surface area contributed by atoms with E-state index < -0.39 is 5.54 Å². The van der Waals surface area contributed by atoms with E-state index in [1.165, 1.54) is 16.3 Å². The Morgan fingerprint density at radius 2 is 1.88 bits per heavy atom. The van der Waals surface area contributed by atoms with Gasteiger partial charge in [-0.05, 0) is 44.2 Å². The molecule has 5 heteroatoms. The Labute approximate surface area is 149 Å². The molecular weight excluding hydrogens is 312 g/mol. The van der Waals surface area contributed by atoms with E-state index in [2.05, 4.69) is 39.0 Å². The smallest absolute Gasteiger partial charge is 0.237 e. The van der Waals surface area contributed by atoms with Crippen molar-refractivity contribution in [1.82, 2.24) is 14.8 Å². The van der Waals surface area contributed by atoms with Gasteiger partial charge in [-0.1, -0.05) is 24.3 Å². The van der Waals surface area contributed by atoms with Crippen LogP contribution in [0, 0.1) is 0 Å². The molecule has 0 saturated carbocycles. The number of benzene rings is 1. The van der Waals surface area contributed by atoms with Gasteiger partial charge in [-0.15, -0.1) is 0 Å². The molecule has 2 heterocycles. The highest BCUT2D eigenvalue weighted by atomic mass is 16.1. The van der Waals surface area contributed by atoms with Gasteiger partial charge in [0.2, 0.25) is 5.91 Å². The molecule has 1 aliphatic rings. The molecule has 0 bridgehead atoms. The first-order valence-electron chi connectivity index (χ1n) is 9.07. The molecule has 0 unspecified atom stereocenters. The van der Waals surface area contributed by atoms with E-state index in [0.29, 0.717) is 0 Å². The SMILES string of the molecule is CC(C)(C(N)=O)N1CCN(CCCc2cncc3ccccc23)CC1. The molecule has 1 fully saturated rings. The van der Waals surface area contributed by atoms with Gasteiger partial charge in [-0.3, -0.25) is 14.7 Å². The summed E-state index contributed by atoms with van der Waals surface area (Å²) < 4.78 is 0. The van der Waals surface area contributed by atoms with Crippen LogP contribution in [0.4, 0.5) is 0 Å². The van der Waals surface area contributed by atoms with Gasteiger partial charge in [0.25, 0.3) is 0 Å². The molecule has 1 amide bonds. The maximum absolute atomic E-state index is 11.6. The minimum atomic E-state index is -0.555. The third-order valence-electron chi connectivity index (χ3n) is 5.44. The lowest BCUT2D eigenvalue weighted by molar-refractivity contribution is -0.129. The largest absolute Gasteiger partial charge is 0.368 e. The zero-order valence-corrected chi connectivity index (χ0v) is 15.2. The highest BCUT2D eigenvalue weighted by molar-refractivity contribution is 5.84. The fourth-order valence-electron chi connectivity index (χ4n) is 3.56. The van der Waals surface area contributed by atoms with E-state index in [9.17, 15) is 4.79 Å². The number of nitrogens with zero attached hydrogens (tertiary/aromatic N) is 3. The Hall–Kier alpha value is -1.98. The van der Waals surface area contributed by atoms with Crippen molar-refractivity contribution >= 4 is 16.7 Å². The van der Waals surface area contributed by atoms with E-state index >= 15 is 0 Å². The number of pyridine rings is 1. The highest BCUT2D eigenvalue weighted by Gasteiger charge is 2.34. The molecule has 0 aliphatic carbocycles. The topological polar surface area (TPSA) is 62.5 Å². The van der Waals surface area contributed by atoms with Crippen molar-refractivity contribution in [2.45, 2.75) is 32.2 Å². The Morgan fingerprint density at radius 3 is 2.60 bits per heavy atom. The van der Waals surface area contributed by atoms with Gasteiger partial charge in [-0.2, -0.15) is 0 Å². The van der Waals surface area contributed by atoms with Gasteiger partial charge in [-0.25, -0.2) is 0 Å². The number of aromatic nitrogens is 1. The summed E-state index contributed by atoms with van der Waals surface area (Å²) in [5.74, 6) is -0.246. The number of fused-ring (bicyclic) bond motifs is 1. The quantitative estimate of drug-likeness (QED) is 0.874. The maximum atomic E-state index is 11.6. The van der Waals surface area contributed by atoms with E-state index in [1.54, 1.807) is 0 Å². The third kappa shape index (κ3) is 3.99. The van der Waals surface area contributed by atoms with E-state index in [1.807, 2.05) is 26.2 Å². The van der Waals surface area contributed by atoms with Crippen molar-refractivity contribution in [3.05, 3.63) is 42.2 Å². The van der Waals surface area contributed by atoms with Crippen LogP contribution in [0.1, 0.15) is 25.8 Å². The molecule has 25 heavy (non-hydrogen) atoms. The molecule has 134 valence electrons. The van der Waals surface area contributed by atoms with Gasteiger partial charge in [0.1, 0.15) is 0 Å². The van der Waals surface area contributed by atoms with Crippen molar-refractivity contribution < 1.29 is 4.79 Å². The van der Waals surface area contributed by atoms with Gasteiger partial charge in [0, 0.05) is 44.0 Å². The Bertz CT molecular complexity index is 730. The number of amides is 1. The standard InChI is InChI=1S/C20H28N4O/c1-20(2,19(21)25)24-12-10-23(11-13-24)9-5-7-17-15-22-14-16-6-3-4-8-18(16)17/h3-4,6,8,14-15H,5,7,9-13H2,1-2H3,(H2,21,25). The number of rotatable bonds is 6. The van der Waals surface area contributed by atoms with Crippen LogP contribution in [-0.4, -0.2) is 59.0 Å². The number of carbonyl (C=O) groups is 1. The van der Waals surface area contributed by atoms with Crippen LogP contribution in [-0.2, 0) is 11.2 Å². The summed E-state index contributed by atoms with van der Waals surface area (Å²) in [6.07, 6.45) is 6.09. The normalized spacial score (nSPS) is 17.0. The van der Waals surface area contributed by atoms with Gasteiger partial charge < -0.3 is 10.6 Å². The average molecular weight is 340 g/mol. The second kappa shape index (κ2) is 7.50. The summed E-state index contributed by atoms with van der Waals surface area (Å²) in [5, 5.41) is 2.52. The monoisotopic (exact) mass is 340 g/mol. The van der Waals surface area contributed by atoms with Gasteiger partial charge in [0.15, 0.2) is 0 Å². The molecule has 0 atom stereocenters. The highest BCUT2D eigenvalue weighted by Crippen LogP contribution is 2.19. The predicted molar refractivity (Wildman–Crippen MR) is 101 cm³/mol. The number of carbonyl (C=O) groups excluding carboxylic acids is 1. The average Bonchev–Trinajstić information content (AvgIpc) is 2.62. The lowest BCUT2D eigenvalue weighted by atomic mass is 10.0. The molecule has 2 aromatic rings. The van der Waals surface area contributed by atoms with Gasteiger partial charge in [0.05, 0.1) is 5.54 Å². The van der Waals surface area contributed by atoms with Crippen LogP contribution in [0.2, 0.25) is 0 Å². The predicted octanol–water partition coefficient (Wildman–Crippen LogP) is 2.05. The van der Waals surface area contributed by atoms with E-state index in [4.69, 9.17) is 5.73 Å². The number of nitrogens with two attached hydrogens (primary N) is 1. The maximum Gasteiger partial charge on any atom is 0.237 e. The van der Waals surface area contributed by atoms with Crippen LogP contribution >= 0.6 is 0 Å². The molecule has 1 aromatic heterocycles. The van der Waals surface area contributed by atoms with E-state index in [0.717, 1.165) is 45.6 Å². The second-order valence-electron chi connectivity index (χ2n) is 7.38. The minimum absolute atomic E-state index is 0.246. The van der Waals surface area contributed by atoms with Crippen LogP contribution in [0.15, 0.2) is 36.7 Å². The van der Waals surface area contributed by atoms with E-state index in [-0.39, 0.29) is 5.91 Å². The number of piperazine rings is 1. The van der Waals surface area contributed by atoms with Crippen LogP contribution in [0.3, 0.4) is 0 Å². The summed E-state index contributed by atoms with van der Waals surface area (Å²) in [7, 11) is 0. The molecular formula is C20H28N4O. The van der Waals surface area contributed by atoms with Crippen LogP contribution in [0.5, 0.6) is 0 Å². The zero-order valence-electron chi connectivity index (χ0n) is 15.2. The Morgan fingerprint density at radius 1 is 1.16 bits per heavy atom. The number of aryl methyl sites for hydroxylation is 1. The van der Waals surface area contributed by atoms with Crippen LogP contribution < -0.4 is 5.73 Å². The number of primary amides is 1. The van der Waals surface area contributed by atoms with Crippen LogP contribution in [0.25, 0.3) is 10.8 Å². The molecule has 0 spiro atoms. The lowest BCUT2D eigenvalue weighted by Crippen LogP contribution is -2.59. The zero-order chi connectivity index (χ0) is 17.9. The van der Waals surface area contributed by atoms with Gasteiger partial charge >= 0.3 is 0 Å². The van der Waals surface area contributed by atoms with Crippen molar-refractivity contribution in [3.8, 4) is 0 Å². The molecule has 1 saturated heterocycles. The summed E-state index contributed by atoms with van der Waals surface area (Å²) in [5.41, 5.74) is 6.30. The molecule has 0 radical (unpaired) electrons. The minimum Gasteiger partial charge on any atom is -0.368 e. The summed E-state index contributed by atoms with van der Waals surface area (Å²) in [6.45, 7) is 8.68. The number of hydrogen-bond acceptors (Lipinski definition) is 4. The Kier molecular flexibility index (Phi) is 5.35. The summed E-state index contributed by atoms with van der Waals surface area (Å²) >= 11 is 0. The third-order valence-corrected chi connectivity index (χ3v) is 5.44. The second-order valence-corrected chi connectivity index (χ2v) is 7.38. The molecule has 2 N–H and O–H groups in total. The Balaban J connectivity index is 1.50. The first kappa shape index (κ1) is 17.8. The van der Waals surface area contributed by atoms with Crippen molar-refractivity contribution in [2.75, 3.05) is 32.7 Å². The fraction of sp³-hybridized carbons (Fsp3) is 0.500.